The highest BCUT2D eigenvalue weighted by Gasteiger charge is 2.29. The number of rotatable bonds is 5. The van der Waals surface area contributed by atoms with E-state index in [-0.39, 0.29) is 11.9 Å². The predicted molar refractivity (Wildman–Crippen MR) is 96.7 cm³/mol. The first-order valence-corrected chi connectivity index (χ1v) is 10.0. The molecule has 0 saturated heterocycles. The van der Waals surface area contributed by atoms with Crippen molar-refractivity contribution in [1.82, 2.24) is 0 Å². The van der Waals surface area contributed by atoms with Gasteiger partial charge in [-0.15, -0.1) is 11.3 Å². The Labute approximate surface area is 148 Å². The fourth-order valence-electron chi connectivity index (χ4n) is 3.91. The third-order valence-corrected chi connectivity index (χ3v) is 6.36. The van der Waals surface area contributed by atoms with Gasteiger partial charge >= 0.3 is 5.97 Å². The van der Waals surface area contributed by atoms with Gasteiger partial charge in [0.1, 0.15) is 5.00 Å². The molecule has 1 fully saturated rings. The molecule has 4 nitrogen and oxygen atoms in total. The standard InChI is InChI=1S/C19H27NO3S/c1-3-23-19(22)17-14-9-8-12(2)10-15(14)24-18(17)20-16(21)11-13-6-4-5-7-13/h12-13H,3-11H2,1-2H3,(H,20,21)/t12-/m0/s1. The molecule has 1 aromatic rings. The molecule has 1 saturated carbocycles. The Balaban J connectivity index is 1.80. The molecule has 1 aromatic heterocycles. The molecule has 2 aliphatic carbocycles. The highest BCUT2D eigenvalue weighted by molar-refractivity contribution is 7.17. The summed E-state index contributed by atoms with van der Waals surface area (Å²) in [6, 6.07) is 0. The quantitative estimate of drug-likeness (QED) is 0.792. The second-order valence-corrected chi connectivity index (χ2v) is 8.28. The van der Waals surface area contributed by atoms with Crippen LogP contribution < -0.4 is 5.32 Å². The minimum Gasteiger partial charge on any atom is -0.462 e. The van der Waals surface area contributed by atoms with Gasteiger partial charge in [0.05, 0.1) is 12.2 Å². The number of ether oxygens (including phenoxy) is 1. The molecular weight excluding hydrogens is 322 g/mol. The normalized spacial score (nSPS) is 20.7. The van der Waals surface area contributed by atoms with E-state index in [4.69, 9.17) is 4.74 Å². The van der Waals surface area contributed by atoms with E-state index >= 15 is 0 Å². The summed E-state index contributed by atoms with van der Waals surface area (Å²) in [6.07, 6.45) is 8.32. The maximum Gasteiger partial charge on any atom is 0.341 e. The fourth-order valence-corrected chi connectivity index (χ4v) is 5.33. The first-order valence-electron chi connectivity index (χ1n) is 9.20. The largest absolute Gasteiger partial charge is 0.462 e. The highest BCUT2D eigenvalue weighted by Crippen LogP contribution is 2.40. The third kappa shape index (κ3) is 3.82. The van der Waals surface area contributed by atoms with Crippen LogP contribution in [0.3, 0.4) is 0 Å². The number of hydrogen-bond donors (Lipinski definition) is 1. The van der Waals surface area contributed by atoms with Gasteiger partial charge in [-0.2, -0.15) is 0 Å². The van der Waals surface area contributed by atoms with E-state index in [2.05, 4.69) is 12.2 Å². The van der Waals surface area contributed by atoms with E-state index in [9.17, 15) is 9.59 Å². The number of hydrogen-bond acceptors (Lipinski definition) is 4. The van der Waals surface area contributed by atoms with E-state index in [1.165, 1.54) is 17.7 Å². The van der Waals surface area contributed by atoms with E-state index in [0.29, 0.717) is 35.4 Å². The maximum absolute atomic E-state index is 12.4. The van der Waals surface area contributed by atoms with E-state index in [0.717, 1.165) is 37.7 Å². The molecule has 0 unspecified atom stereocenters. The molecule has 24 heavy (non-hydrogen) atoms. The van der Waals surface area contributed by atoms with Gasteiger partial charge in [-0.25, -0.2) is 4.79 Å². The Morgan fingerprint density at radius 1 is 1.25 bits per heavy atom. The van der Waals surface area contributed by atoms with Crippen molar-refractivity contribution >= 4 is 28.2 Å². The molecule has 132 valence electrons. The van der Waals surface area contributed by atoms with Gasteiger partial charge in [-0.05, 0) is 56.4 Å². The zero-order valence-corrected chi connectivity index (χ0v) is 15.5. The third-order valence-electron chi connectivity index (χ3n) is 5.19. The van der Waals surface area contributed by atoms with E-state index in [1.54, 1.807) is 11.3 Å². The molecule has 0 radical (unpaired) electrons. The fraction of sp³-hybridized carbons (Fsp3) is 0.684. The number of nitrogens with one attached hydrogen (secondary N) is 1. The lowest BCUT2D eigenvalue weighted by Gasteiger charge is -2.18. The zero-order chi connectivity index (χ0) is 17.1. The number of carbonyl (C=O) groups excluding carboxylic acids is 2. The van der Waals surface area contributed by atoms with Crippen LogP contribution in [0.1, 0.15) is 73.2 Å². The summed E-state index contributed by atoms with van der Waals surface area (Å²) >= 11 is 1.57. The Morgan fingerprint density at radius 2 is 2.00 bits per heavy atom. The van der Waals surface area contributed by atoms with E-state index < -0.39 is 0 Å². The van der Waals surface area contributed by atoms with Crippen LogP contribution in [0, 0.1) is 11.8 Å². The molecular formula is C19H27NO3S. The lowest BCUT2D eigenvalue weighted by atomic mass is 9.88. The molecule has 0 aliphatic heterocycles. The predicted octanol–water partition coefficient (Wildman–Crippen LogP) is 4.57. The monoisotopic (exact) mass is 349 g/mol. The van der Waals surface area contributed by atoms with Crippen molar-refractivity contribution in [1.29, 1.82) is 0 Å². The Morgan fingerprint density at radius 3 is 2.71 bits per heavy atom. The maximum atomic E-state index is 12.4. The van der Waals surface area contributed by atoms with Gasteiger partial charge in [0.25, 0.3) is 0 Å². The molecule has 1 heterocycles. The van der Waals surface area contributed by atoms with E-state index in [1.807, 2.05) is 6.92 Å². The smallest absolute Gasteiger partial charge is 0.341 e. The molecule has 3 rings (SSSR count). The first kappa shape index (κ1) is 17.5. The second kappa shape index (κ2) is 7.68. The number of amides is 1. The van der Waals surface area contributed by atoms with Gasteiger partial charge in [-0.3, -0.25) is 4.79 Å². The van der Waals surface area contributed by atoms with Crippen LogP contribution in [-0.2, 0) is 22.4 Å². The minimum absolute atomic E-state index is 0.0408. The summed E-state index contributed by atoms with van der Waals surface area (Å²) < 4.78 is 5.25. The average Bonchev–Trinajstić information content (AvgIpc) is 3.14. The van der Waals surface area contributed by atoms with Crippen LogP contribution in [0.15, 0.2) is 0 Å². The highest BCUT2D eigenvalue weighted by atomic mass is 32.1. The Kier molecular flexibility index (Phi) is 5.59. The lowest BCUT2D eigenvalue weighted by molar-refractivity contribution is -0.117. The molecule has 1 N–H and O–H groups in total. The summed E-state index contributed by atoms with van der Waals surface area (Å²) in [6.45, 7) is 4.41. The summed E-state index contributed by atoms with van der Waals surface area (Å²) in [5.74, 6) is 0.888. The summed E-state index contributed by atoms with van der Waals surface area (Å²) in [5.41, 5.74) is 1.72. The Hall–Kier alpha value is -1.36. The molecule has 1 amide bonds. The molecule has 1 atom stereocenters. The molecule has 0 spiro atoms. The van der Waals surface area contributed by atoms with Crippen molar-refractivity contribution in [2.24, 2.45) is 11.8 Å². The van der Waals surface area contributed by atoms with Crippen molar-refractivity contribution in [3.05, 3.63) is 16.0 Å². The average molecular weight is 349 g/mol. The van der Waals surface area contributed by atoms with Crippen LogP contribution in [0.4, 0.5) is 5.00 Å². The summed E-state index contributed by atoms with van der Waals surface area (Å²) in [7, 11) is 0. The van der Waals surface area contributed by atoms with Crippen molar-refractivity contribution in [2.45, 2.75) is 65.2 Å². The van der Waals surface area contributed by atoms with Gasteiger partial charge in [0, 0.05) is 11.3 Å². The number of carbonyl (C=O) groups is 2. The van der Waals surface area contributed by atoms with Crippen molar-refractivity contribution in [3.63, 3.8) is 0 Å². The molecule has 0 aromatic carbocycles. The first-order chi connectivity index (χ1) is 11.6. The Bertz CT molecular complexity index is 616. The zero-order valence-electron chi connectivity index (χ0n) is 14.7. The summed E-state index contributed by atoms with van der Waals surface area (Å²) in [5, 5.41) is 3.73. The topological polar surface area (TPSA) is 55.4 Å². The van der Waals surface area contributed by atoms with Crippen LogP contribution >= 0.6 is 11.3 Å². The number of esters is 1. The van der Waals surface area contributed by atoms with Crippen molar-refractivity contribution in [3.8, 4) is 0 Å². The van der Waals surface area contributed by atoms with Crippen LogP contribution in [0.2, 0.25) is 0 Å². The number of fused-ring (bicyclic) bond motifs is 1. The van der Waals surface area contributed by atoms with Gasteiger partial charge in [0.2, 0.25) is 5.91 Å². The van der Waals surface area contributed by atoms with Crippen molar-refractivity contribution in [2.75, 3.05) is 11.9 Å². The van der Waals surface area contributed by atoms with Gasteiger partial charge < -0.3 is 10.1 Å². The van der Waals surface area contributed by atoms with Crippen LogP contribution in [0.25, 0.3) is 0 Å². The van der Waals surface area contributed by atoms with Gasteiger partial charge in [-0.1, -0.05) is 19.8 Å². The number of anilines is 1. The molecule has 5 heteroatoms. The molecule has 0 bridgehead atoms. The summed E-state index contributed by atoms with van der Waals surface area (Å²) in [4.78, 5) is 26.1. The minimum atomic E-state index is -0.291. The second-order valence-electron chi connectivity index (χ2n) is 7.18. The number of thiophene rings is 1. The SMILES string of the molecule is CCOC(=O)c1c(NC(=O)CC2CCCC2)sc2c1CC[C@H](C)C2. The molecule has 2 aliphatic rings. The van der Waals surface area contributed by atoms with Crippen LogP contribution in [-0.4, -0.2) is 18.5 Å². The van der Waals surface area contributed by atoms with Crippen LogP contribution in [0.5, 0.6) is 0 Å². The van der Waals surface area contributed by atoms with Crippen molar-refractivity contribution < 1.29 is 14.3 Å². The lowest BCUT2D eigenvalue weighted by Crippen LogP contribution is -2.18. The van der Waals surface area contributed by atoms with Gasteiger partial charge in [0.15, 0.2) is 0 Å².